The van der Waals surface area contributed by atoms with E-state index < -0.39 is 0 Å². The molecule has 72 valence electrons. The zero-order valence-corrected chi connectivity index (χ0v) is 8.04. The second-order valence-electron chi connectivity index (χ2n) is 4.20. The van der Waals surface area contributed by atoms with Crippen molar-refractivity contribution in [3.63, 3.8) is 0 Å². The molecule has 1 aliphatic heterocycles. The molecule has 1 unspecified atom stereocenters. The minimum atomic E-state index is -0.363. The first-order valence-corrected chi connectivity index (χ1v) is 4.43. The second-order valence-corrected chi connectivity index (χ2v) is 4.20. The molecule has 1 rings (SSSR count). The van der Waals surface area contributed by atoms with Gasteiger partial charge in [-0.25, -0.2) is 0 Å². The smallest absolute Gasteiger partial charge is 0.107 e. The lowest BCUT2D eigenvalue weighted by Crippen LogP contribution is -2.43. The van der Waals surface area contributed by atoms with Crippen molar-refractivity contribution in [2.45, 2.75) is 45.0 Å². The highest BCUT2D eigenvalue weighted by atomic mass is 16.6. The summed E-state index contributed by atoms with van der Waals surface area (Å²) in [6.07, 6.45) is 0.164. The van der Waals surface area contributed by atoms with Gasteiger partial charge in [0.2, 0.25) is 0 Å². The summed E-state index contributed by atoms with van der Waals surface area (Å²) in [6, 6.07) is 0. The number of hydrogen-bond acceptors (Lipinski definition) is 3. The third-order valence-electron chi connectivity index (χ3n) is 1.77. The van der Waals surface area contributed by atoms with Gasteiger partial charge in [-0.1, -0.05) is 0 Å². The van der Waals surface area contributed by atoms with Crippen LogP contribution >= 0.6 is 0 Å². The SMILES string of the molecule is CC(C)(C)OC1COCC[C@H]1O. The van der Waals surface area contributed by atoms with Crippen molar-refractivity contribution < 1.29 is 14.6 Å². The molecule has 1 N–H and O–H groups in total. The molecule has 3 nitrogen and oxygen atoms in total. The summed E-state index contributed by atoms with van der Waals surface area (Å²) in [4.78, 5) is 0. The molecule has 1 fully saturated rings. The summed E-state index contributed by atoms with van der Waals surface area (Å²) < 4.78 is 10.8. The Bertz CT molecular complexity index is 139. The molecule has 0 amide bonds. The van der Waals surface area contributed by atoms with Crippen LogP contribution in [0.3, 0.4) is 0 Å². The average molecular weight is 174 g/mol. The molecule has 0 aliphatic carbocycles. The summed E-state index contributed by atoms with van der Waals surface area (Å²) in [5.41, 5.74) is -0.202. The van der Waals surface area contributed by atoms with Crippen LogP contribution in [0.15, 0.2) is 0 Å². The fourth-order valence-electron chi connectivity index (χ4n) is 1.27. The molecule has 0 aromatic carbocycles. The Morgan fingerprint density at radius 3 is 2.58 bits per heavy atom. The third kappa shape index (κ3) is 3.09. The lowest BCUT2D eigenvalue weighted by atomic mass is 10.1. The molecule has 0 aromatic heterocycles. The molecule has 0 spiro atoms. The fourth-order valence-corrected chi connectivity index (χ4v) is 1.27. The summed E-state index contributed by atoms with van der Waals surface area (Å²) in [5.74, 6) is 0. The number of aliphatic hydroxyl groups is 1. The number of hydrogen-bond donors (Lipinski definition) is 1. The minimum Gasteiger partial charge on any atom is -0.390 e. The second kappa shape index (κ2) is 3.73. The normalized spacial score (nSPS) is 32.0. The maximum atomic E-state index is 9.53. The molecule has 1 heterocycles. The lowest BCUT2D eigenvalue weighted by Gasteiger charge is -2.33. The molecular weight excluding hydrogens is 156 g/mol. The standard InChI is InChI=1S/C9H18O3/c1-9(2,3)12-8-6-11-5-4-7(8)10/h7-8,10H,4-6H2,1-3H3/t7-,8?/m1/s1. The van der Waals surface area contributed by atoms with Crippen molar-refractivity contribution >= 4 is 0 Å². The monoisotopic (exact) mass is 174 g/mol. The predicted octanol–water partition coefficient (Wildman–Crippen LogP) is 0.951. The van der Waals surface area contributed by atoms with Crippen LogP contribution in [-0.4, -0.2) is 36.1 Å². The Labute approximate surface area is 73.7 Å². The van der Waals surface area contributed by atoms with Crippen molar-refractivity contribution in [3.05, 3.63) is 0 Å². The highest BCUT2D eigenvalue weighted by Crippen LogP contribution is 2.18. The molecule has 12 heavy (non-hydrogen) atoms. The molecule has 0 bridgehead atoms. The van der Waals surface area contributed by atoms with E-state index in [1.807, 2.05) is 20.8 Å². The van der Waals surface area contributed by atoms with Crippen LogP contribution in [0.2, 0.25) is 0 Å². The Morgan fingerprint density at radius 1 is 1.42 bits per heavy atom. The van der Waals surface area contributed by atoms with E-state index in [2.05, 4.69) is 0 Å². The zero-order valence-electron chi connectivity index (χ0n) is 8.04. The lowest BCUT2D eigenvalue weighted by molar-refractivity contribution is -0.162. The van der Waals surface area contributed by atoms with Crippen molar-refractivity contribution in [3.8, 4) is 0 Å². The van der Waals surface area contributed by atoms with Gasteiger partial charge in [0.15, 0.2) is 0 Å². The van der Waals surface area contributed by atoms with Crippen LogP contribution in [-0.2, 0) is 9.47 Å². The van der Waals surface area contributed by atoms with Crippen molar-refractivity contribution in [1.82, 2.24) is 0 Å². The van der Waals surface area contributed by atoms with Gasteiger partial charge in [-0.2, -0.15) is 0 Å². The summed E-state index contributed by atoms with van der Waals surface area (Å²) >= 11 is 0. The quantitative estimate of drug-likeness (QED) is 0.643. The first-order chi connectivity index (χ1) is 5.49. The number of ether oxygens (including phenoxy) is 2. The van der Waals surface area contributed by atoms with Gasteiger partial charge in [0.1, 0.15) is 6.10 Å². The fraction of sp³-hybridized carbons (Fsp3) is 1.00. The van der Waals surface area contributed by atoms with Gasteiger partial charge < -0.3 is 14.6 Å². The van der Waals surface area contributed by atoms with Gasteiger partial charge >= 0.3 is 0 Å². The van der Waals surface area contributed by atoms with Gasteiger partial charge in [0, 0.05) is 6.61 Å². The molecule has 1 aliphatic rings. The molecule has 3 heteroatoms. The van der Waals surface area contributed by atoms with Crippen molar-refractivity contribution in [2.24, 2.45) is 0 Å². The van der Waals surface area contributed by atoms with Crippen LogP contribution in [0.1, 0.15) is 27.2 Å². The van der Waals surface area contributed by atoms with E-state index in [-0.39, 0.29) is 17.8 Å². The molecule has 1 saturated heterocycles. The van der Waals surface area contributed by atoms with Crippen molar-refractivity contribution in [1.29, 1.82) is 0 Å². The molecular formula is C9H18O3. The molecule has 2 atom stereocenters. The molecule has 0 aromatic rings. The Kier molecular flexibility index (Phi) is 3.09. The van der Waals surface area contributed by atoms with E-state index in [1.165, 1.54) is 0 Å². The maximum Gasteiger partial charge on any atom is 0.107 e. The topological polar surface area (TPSA) is 38.7 Å². The summed E-state index contributed by atoms with van der Waals surface area (Å²) in [5, 5.41) is 9.53. The van der Waals surface area contributed by atoms with E-state index in [4.69, 9.17) is 9.47 Å². The van der Waals surface area contributed by atoms with Crippen LogP contribution in [0.25, 0.3) is 0 Å². The first-order valence-electron chi connectivity index (χ1n) is 4.43. The van der Waals surface area contributed by atoms with Gasteiger partial charge in [0.05, 0.1) is 18.3 Å². The maximum absolute atomic E-state index is 9.53. The first kappa shape index (κ1) is 9.96. The average Bonchev–Trinajstić information content (AvgIpc) is 1.91. The van der Waals surface area contributed by atoms with E-state index in [0.29, 0.717) is 19.6 Å². The highest BCUT2D eigenvalue weighted by Gasteiger charge is 2.28. The van der Waals surface area contributed by atoms with Gasteiger partial charge in [0.25, 0.3) is 0 Å². The molecule has 0 saturated carbocycles. The highest BCUT2D eigenvalue weighted by molar-refractivity contribution is 4.76. The number of aliphatic hydroxyl groups excluding tert-OH is 1. The summed E-state index contributed by atoms with van der Waals surface area (Å²) in [7, 11) is 0. The van der Waals surface area contributed by atoms with Crippen LogP contribution in [0, 0.1) is 0 Å². The van der Waals surface area contributed by atoms with Crippen molar-refractivity contribution in [2.75, 3.05) is 13.2 Å². The van der Waals surface area contributed by atoms with E-state index >= 15 is 0 Å². The predicted molar refractivity (Wildman–Crippen MR) is 46.1 cm³/mol. The Balaban J connectivity index is 2.39. The van der Waals surface area contributed by atoms with Gasteiger partial charge in [-0.05, 0) is 27.2 Å². The molecule has 0 radical (unpaired) electrons. The van der Waals surface area contributed by atoms with Gasteiger partial charge in [-0.15, -0.1) is 0 Å². The largest absolute Gasteiger partial charge is 0.390 e. The van der Waals surface area contributed by atoms with E-state index in [9.17, 15) is 5.11 Å². The summed E-state index contributed by atoms with van der Waals surface area (Å²) in [6.45, 7) is 7.10. The van der Waals surface area contributed by atoms with Crippen LogP contribution < -0.4 is 0 Å². The Morgan fingerprint density at radius 2 is 2.08 bits per heavy atom. The Hall–Kier alpha value is -0.120. The zero-order chi connectivity index (χ0) is 9.19. The van der Waals surface area contributed by atoms with Crippen LogP contribution in [0.4, 0.5) is 0 Å². The van der Waals surface area contributed by atoms with Crippen LogP contribution in [0.5, 0.6) is 0 Å². The van der Waals surface area contributed by atoms with E-state index in [1.54, 1.807) is 0 Å². The van der Waals surface area contributed by atoms with E-state index in [0.717, 1.165) is 0 Å². The minimum absolute atomic E-state index is 0.154. The number of rotatable bonds is 1. The third-order valence-corrected chi connectivity index (χ3v) is 1.77. The van der Waals surface area contributed by atoms with Gasteiger partial charge in [-0.3, -0.25) is 0 Å².